The molecule has 2 aliphatic heterocycles. The molecule has 0 radical (unpaired) electrons. The number of piperidine rings is 1. The van der Waals surface area contributed by atoms with E-state index in [-0.39, 0.29) is 37.7 Å². The lowest BCUT2D eigenvalue weighted by Gasteiger charge is -2.59. The molecule has 1 spiro atoms. The van der Waals surface area contributed by atoms with Crippen molar-refractivity contribution < 1.29 is 18.4 Å². The summed E-state index contributed by atoms with van der Waals surface area (Å²) in [5.41, 5.74) is 0.195. The predicted molar refractivity (Wildman–Crippen MR) is 130 cm³/mol. The maximum atomic E-state index is 15.7. The van der Waals surface area contributed by atoms with Crippen LogP contribution in [0.25, 0.3) is 16.6 Å². The minimum atomic E-state index is -3.20. The molecule has 5 rings (SSSR count). The third kappa shape index (κ3) is 3.53. The van der Waals surface area contributed by atoms with Gasteiger partial charge in [-0.2, -0.15) is 5.10 Å². The van der Waals surface area contributed by atoms with Crippen molar-refractivity contribution in [2.75, 3.05) is 19.6 Å². The number of pyridine rings is 1. The highest BCUT2D eigenvalue weighted by Gasteiger charge is 2.67. The van der Waals surface area contributed by atoms with E-state index in [4.69, 9.17) is 23.2 Å². The van der Waals surface area contributed by atoms with Gasteiger partial charge in [-0.3, -0.25) is 9.59 Å². The Morgan fingerprint density at radius 1 is 1.20 bits per heavy atom. The first kappa shape index (κ1) is 23.8. The van der Waals surface area contributed by atoms with E-state index >= 15 is 8.78 Å². The molecule has 0 N–H and O–H groups in total. The van der Waals surface area contributed by atoms with Gasteiger partial charge in [0, 0.05) is 47.0 Å². The molecule has 1 atom stereocenters. The lowest BCUT2D eigenvalue weighted by molar-refractivity contribution is -0.237. The van der Waals surface area contributed by atoms with Gasteiger partial charge in [0.25, 0.3) is 11.8 Å². The normalized spacial score (nSPS) is 20.7. The topological polar surface area (TPSA) is 57.9 Å². The average Bonchev–Trinajstić information content (AvgIpc) is 3.17. The third-order valence-electron chi connectivity index (χ3n) is 7.21. The molecule has 1 aromatic carbocycles. The van der Waals surface area contributed by atoms with Crippen LogP contribution >= 0.6 is 23.2 Å². The summed E-state index contributed by atoms with van der Waals surface area (Å²) in [4.78, 5) is 28.1. The van der Waals surface area contributed by atoms with Crippen LogP contribution in [0.15, 0.2) is 55.3 Å². The number of alkyl halides is 2. The van der Waals surface area contributed by atoms with Crippen molar-refractivity contribution in [3.05, 3.63) is 71.0 Å². The average molecular weight is 519 g/mol. The number of amides is 2. The standard InChI is InChI=1S/C25H22Cl2F2N4O2/c1-3-20(34)31-13-24(14-31)9-11-32(15(2)25(24,28)29)23(35)22-21(17-6-4-5-7-18(17)27)19-12-16(26)8-10-33(19)30-22/h3-8,10,12,15H,1,9,11,13-14H2,2H3/t15-/m1/s1. The number of carbonyl (C=O) groups excluding carboxylic acids is 2. The van der Waals surface area contributed by atoms with E-state index in [1.165, 1.54) is 21.2 Å². The van der Waals surface area contributed by atoms with Gasteiger partial charge < -0.3 is 9.80 Å². The van der Waals surface area contributed by atoms with Gasteiger partial charge in [0.1, 0.15) is 0 Å². The monoisotopic (exact) mass is 518 g/mol. The number of hydrogen-bond acceptors (Lipinski definition) is 3. The van der Waals surface area contributed by atoms with Crippen molar-refractivity contribution in [1.82, 2.24) is 19.4 Å². The van der Waals surface area contributed by atoms with Crippen molar-refractivity contribution in [2.45, 2.75) is 25.3 Å². The first-order chi connectivity index (χ1) is 16.6. The fourth-order valence-corrected chi connectivity index (χ4v) is 5.57. The number of likely N-dealkylation sites (tertiary alicyclic amines) is 2. The Labute approximate surface area is 210 Å². The zero-order valence-corrected chi connectivity index (χ0v) is 20.4. The SMILES string of the molecule is C=CC(=O)N1CC2(CCN(C(=O)c3nn4ccc(Cl)cc4c3-c3ccccc3Cl)[C@H](C)C2(F)F)C1. The fourth-order valence-electron chi connectivity index (χ4n) is 5.18. The predicted octanol–water partition coefficient (Wildman–Crippen LogP) is 5.19. The van der Waals surface area contributed by atoms with Gasteiger partial charge in [0.15, 0.2) is 5.69 Å². The second kappa shape index (κ2) is 8.31. The van der Waals surface area contributed by atoms with Crippen LogP contribution in [0.5, 0.6) is 0 Å². The first-order valence-corrected chi connectivity index (χ1v) is 11.9. The van der Waals surface area contributed by atoms with E-state index in [1.54, 1.807) is 42.6 Å². The molecule has 0 bridgehead atoms. The number of carbonyl (C=O) groups is 2. The van der Waals surface area contributed by atoms with Crippen LogP contribution in [-0.2, 0) is 4.79 Å². The maximum absolute atomic E-state index is 15.7. The number of hydrogen-bond donors (Lipinski definition) is 0. The molecular formula is C25H22Cl2F2N4O2. The molecule has 2 amide bonds. The molecule has 182 valence electrons. The highest BCUT2D eigenvalue weighted by atomic mass is 35.5. The molecule has 2 saturated heterocycles. The summed E-state index contributed by atoms with van der Waals surface area (Å²) in [7, 11) is 0. The molecule has 0 unspecified atom stereocenters. The quantitative estimate of drug-likeness (QED) is 0.448. The smallest absolute Gasteiger partial charge is 0.276 e. The Morgan fingerprint density at radius 3 is 2.60 bits per heavy atom. The summed E-state index contributed by atoms with van der Waals surface area (Å²) in [5.74, 6) is -4.18. The van der Waals surface area contributed by atoms with Crippen LogP contribution in [0.2, 0.25) is 10.0 Å². The third-order valence-corrected chi connectivity index (χ3v) is 7.77. The van der Waals surface area contributed by atoms with E-state index in [1.807, 2.05) is 0 Å². The number of benzene rings is 1. The Bertz CT molecular complexity index is 1370. The minimum absolute atomic E-state index is 0.0241. The molecule has 0 aliphatic carbocycles. The number of halogens is 4. The van der Waals surface area contributed by atoms with Crippen molar-refractivity contribution in [3.63, 3.8) is 0 Å². The van der Waals surface area contributed by atoms with Gasteiger partial charge in [-0.05, 0) is 37.6 Å². The Morgan fingerprint density at radius 2 is 1.91 bits per heavy atom. The largest absolute Gasteiger partial charge is 0.337 e. The summed E-state index contributed by atoms with van der Waals surface area (Å²) in [5, 5.41) is 5.28. The van der Waals surface area contributed by atoms with Crippen LogP contribution < -0.4 is 0 Å². The lowest BCUT2D eigenvalue weighted by Crippen LogP contribution is -2.73. The molecule has 35 heavy (non-hydrogen) atoms. The minimum Gasteiger partial charge on any atom is -0.337 e. The molecule has 4 heterocycles. The van der Waals surface area contributed by atoms with Crippen molar-refractivity contribution in [2.24, 2.45) is 5.41 Å². The molecular weight excluding hydrogens is 497 g/mol. The molecule has 2 fully saturated rings. The molecule has 2 aromatic heterocycles. The second-order valence-corrected chi connectivity index (χ2v) is 9.95. The fraction of sp³-hybridized carbons (Fsp3) is 0.320. The molecule has 3 aromatic rings. The zero-order chi connectivity index (χ0) is 25.1. The van der Waals surface area contributed by atoms with Gasteiger partial charge >= 0.3 is 0 Å². The second-order valence-electron chi connectivity index (χ2n) is 9.10. The number of nitrogens with zero attached hydrogens (tertiary/aromatic N) is 4. The number of aromatic nitrogens is 2. The van der Waals surface area contributed by atoms with Crippen LogP contribution in [0.1, 0.15) is 23.8 Å². The maximum Gasteiger partial charge on any atom is 0.276 e. The molecule has 6 nitrogen and oxygen atoms in total. The van der Waals surface area contributed by atoms with Gasteiger partial charge in [-0.1, -0.05) is 48.0 Å². The highest BCUT2D eigenvalue weighted by Crippen LogP contribution is 2.53. The van der Waals surface area contributed by atoms with E-state index in [9.17, 15) is 9.59 Å². The Kier molecular flexibility index (Phi) is 5.64. The zero-order valence-electron chi connectivity index (χ0n) is 18.8. The van der Waals surface area contributed by atoms with E-state index in [2.05, 4.69) is 11.7 Å². The number of fused-ring (bicyclic) bond motifs is 1. The van der Waals surface area contributed by atoms with Gasteiger partial charge in [0.05, 0.1) is 17.0 Å². The van der Waals surface area contributed by atoms with Crippen LogP contribution in [0.3, 0.4) is 0 Å². The van der Waals surface area contributed by atoms with Crippen molar-refractivity contribution >= 4 is 40.5 Å². The summed E-state index contributed by atoms with van der Waals surface area (Å²) in [6, 6.07) is 8.87. The van der Waals surface area contributed by atoms with E-state index in [0.717, 1.165) is 6.08 Å². The van der Waals surface area contributed by atoms with Crippen LogP contribution in [-0.4, -0.2) is 62.8 Å². The summed E-state index contributed by atoms with van der Waals surface area (Å²) < 4.78 is 32.9. The molecule has 0 saturated carbocycles. The summed E-state index contributed by atoms with van der Waals surface area (Å²) in [6.07, 6.45) is 2.80. The van der Waals surface area contributed by atoms with Gasteiger partial charge in [0.2, 0.25) is 5.91 Å². The summed E-state index contributed by atoms with van der Waals surface area (Å²) in [6.45, 7) is 4.76. The molecule has 2 aliphatic rings. The van der Waals surface area contributed by atoms with E-state index < -0.39 is 23.3 Å². The van der Waals surface area contributed by atoms with Crippen LogP contribution in [0.4, 0.5) is 8.78 Å². The summed E-state index contributed by atoms with van der Waals surface area (Å²) >= 11 is 12.7. The molecule has 10 heteroatoms. The highest BCUT2D eigenvalue weighted by molar-refractivity contribution is 6.34. The Balaban J connectivity index is 1.53. The van der Waals surface area contributed by atoms with Gasteiger partial charge in [-0.25, -0.2) is 13.3 Å². The van der Waals surface area contributed by atoms with Crippen molar-refractivity contribution in [1.29, 1.82) is 0 Å². The Hall–Kier alpha value is -2.97. The van der Waals surface area contributed by atoms with Gasteiger partial charge in [-0.15, -0.1) is 0 Å². The van der Waals surface area contributed by atoms with Crippen LogP contribution in [0, 0.1) is 5.41 Å². The van der Waals surface area contributed by atoms with Crippen molar-refractivity contribution in [3.8, 4) is 11.1 Å². The van der Waals surface area contributed by atoms with E-state index in [0.29, 0.717) is 26.7 Å². The lowest BCUT2D eigenvalue weighted by atomic mass is 9.66. The number of rotatable bonds is 3. The first-order valence-electron chi connectivity index (χ1n) is 11.1.